The van der Waals surface area contributed by atoms with Crippen LogP contribution in [0.2, 0.25) is 5.02 Å². The normalized spacial score (nSPS) is 10.1. The first-order chi connectivity index (χ1) is 9.45. The molecule has 0 fully saturated rings. The number of carbonyl (C=O) groups is 2. The smallest absolute Gasteiger partial charge is 0.335 e. The minimum Gasteiger partial charge on any atom is -0.478 e. The highest BCUT2D eigenvalue weighted by atomic mass is 79.9. The van der Waals surface area contributed by atoms with E-state index in [4.69, 9.17) is 16.7 Å². The van der Waals surface area contributed by atoms with Gasteiger partial charge in [-0.1, -0.05) is 27.5 Å². The maximum absolute atomic E-state index is 12.0. The Hall–Kier alpha value is -1.85. The molecule has 1 amide bonds. The lowest BCUT2D eigenvalue weighted by Crippen LogP contribution is -2.12. The SMILES string of the molecule is O=C(O)c1ccc(NC(=O)c2cc(Cl)cc(Br)c2)cc1. The minimum atomic E-state index is -1.01. The lowest BCUT2D eigenvalue weighted by Gasteiger charge is -2.06. The van der Waals surface area contributed by atoms with Crippen molar-refractivity contribution in [3.8, 4) is 0 Å². The lowest BCUT2D eigenvalue weighted by molar-refractivity contribution is 0.0696. The number of carboxylic acids is 1. The van der Waals surface area contributed by atoms with E-state index in [1.165, 1.54) is 24.3 Å². The van der Waals surface area contributed by atoms with E-state index in [1.807, 2.05) is 0 Å². The van der Waals surface area contributed by atoms with Crippen LogP contribution in [0.3, 0.4) is 0 Å². The predicted octanol–water partition coefficient (Wildman–Crippen LogP) is 4.05. The average Bonchev–Trinajstić information content (AvgIpc) is 2.38. The van der Waals surface area contributed by atoms with Crippen LogP contribution in [0, 0.1) is 0 Å². The molecule has 0 radical (unpaired) electrons. The molecule has 0 bridgehead atoms. The molecule has 0 atom stereocenters. The van der Waals surface area contributed by atoms with Crippen molar-refractivity contribution in [2.24, 2.45) is 0 Å². The zero-order valence-electron chi connectivity index (χ0n) is 10.1. The number of benzene rings is 2. The van der Waals surface area contributed by atoms with Gasteiger partial charge < -0.3 is 10.4 Å². The second kappa shape index (κ2) is 6.07. The van der Waals surface area contributed by atoms with Crippen molar-refractivity contribution >= 4 is 45.1 Å². The highest BCUT2D eigenvalue weighted by Crippen LogP contribution is 2.20. The number of carbonyl (C=O) groups excluding carboxylic acids is 1. The summed E-state index contributed by atoms with van der Waals surface area (Å²) in [7, 11) is 0. The topological polar surface area (TPSA) is 66.4 Å². The molecule has 2 aromatic carbocycles. The van der Waals surface area contributed by atoms with Crippen molar-refractivity contribution in [3.63, 3.8) is 0 Å². The molecule has 0 aliphatic heterocycles. The van der Waals surface area contributed by atoms with Gasteiger partial charge in [0.15, 0.2) is 0 Å². The fraction of sp³-hybridized carbons (Fsp3) is 0. The monoisotopic (exact) mass is 353 g/mol. The maximum atomic E-state index is 12.0. The van der Waals surface area contributed by atoms with Gasteiger partial charge in [-0.2, -0.15) is 0 Å². The molecule has 0 unspecified atom stereocenters. The second-order valence-corrected chi connectivity index (χ2v) is 5.35. The second-order valence-electron chi connectivity index (χ2n) is 3.99. The third-order valence-corrected chi connectivity index (χ3v) is 3.19. The summed E-state index contributed by atoms with van der Waals surface area (Å²) in [5.74, 6) is -1.34. The Kier molecular flexibility index (Phi) is 4.42. The summed E-state index contributed by atoms with van der Waals surface area (Å²) in [4.78, 5) is 22.8. The molecular weight excluding hydrogens is 346 g/mol. The standard InChI is InChI=1S/C14H9BrClNO3/c15-10-5-9(6-11(16)7-10)13(18)17-12-3-1-8(2-4-12)14(19)20/h1-7H,(H,17,18)(H,19,20). The molecule has 2 aromatic rings. The highest BCUT2D eigenvalue weighted by molar-refractivity contribution is 9.10. The van der Waals surface area contributed by atoms with Gasteiger partial charge >= 0.3 is 5.97 Å². The number of carboxylic acid groups (broad SMARTS) is 1. The highest BCUT2D eigenvalue weighted by Gasteiger charge is 2.09. The Labute approximate surface area is 128 Å². The van der Waals surface area contributed by atoms with Gasteiger partial charge in [-0.3, -0.25) is 4.79 Å². The van der Waals surface area contributed by atoms with E-state index in [2.05, 4.69) is 21.2 Å². The predicted molar refractivity (Wildman–Crippen MR) is 80.5 cm³/mol. The Balaban J connectivity index is 2.16. The van der Waals surface area contributed by atoms with Gasteiger partial charge in [0, 0.05) is 20.7 Å². The molecular formula is C14H9BrClNO3. The van der Waals surface area contributed by atoms with Crippen molar-refractivity contribution in [2.45, 2.75) is 0 Å². The van der Waals surface area contributed by atoms with Crippen molar-refractivity contribution in [1.29, 1.82) is 0 Å². The molecule has 102 valence electrons. The van der Waals surface area contributed by atoms with Gasteiger partial charge in [0.25, 0.3) is 5.91 Å². The van der Waals surface area contributed by atoms with Gasteiger partial charge in [0.05, 0.1) is 5.56 Å². The van der Waals surface area contributed by atoms with E-state index in [1.54, 1.807) is 18.2 Å². The number of amides is 1. The zero-order chi connectivity index (χ0) is 14.7. The minimum absolute atomic E-state index is 0.161. The van der Waals surface area contributed by atoms with Crippen LogP contribution >= 0.6 is 27.5 Å². The third kappa shape index (κ3) is 3.59. The first-order valence-corrected chi connectivity index (χ1v) is 6.73. The molecule has 6 heteroatoms. The summed E-state index contributed by atoms with van der Waals surface area (Å²) in [6.45, 7) is 0. The van der Waals surface area contributed by atoms with E-state index in [0.717, 1.165) is 0 Å². The molecule has 0 aromatic heterocycles. The maximum Gasteiger partial charge on any atom is 0.335 e. The van der Waals surface area contributed by atoms with Crippen LogP contribution < -0.4 is 5.32 Å². The van der Waals surface area contributed by atoms with E-state index in [9.17, 15) is 9.59 Å². The summed E-state index contributed by atoms with van der Waals surface area (Å²) in [6, 6.07) is 10.8. The molecule has 0 spiro atoms. The Bertz CT molecular complexity index is 650. The van der Waals surface area contributed by atoms with Crippen molar-refractivity contribution in [3.05, 3.63) is 63.1 Å². The molecule has 0 aliphatic rings. The van der Waals surface area contributed by atoms with Crippen LogP contribution in [0.1, 0.15) is 20.7 Å². The van der Waals surface area contributed by atoms with Gasteiger partial charge in [-0.15, -0.1) is 0 Å². The number of halogens is 2. The molecule has 4 nitrogen and oxygen atoms in total. The van der Waals surface area contributed by atoms with E-state index >= 15 is 0 Å². The van der Waals surface area contributed by atoms with Gasteiger partial charge in [-0.25, -0.2) is 4.79 Å². The molecule has 2 rings (SSSR count). The molecule has 0 aliphatic carbocycles. The van der Waals surface area contributed by atoms with Crippen molar-refractivity contribution in [2.75, 3.05) is 5.32 Å². The van der Waals surface area contributed by atoms with Gasteiger partial charge in [0.1, 0.15) is 0 Å². The van der Waals surface area contributed by atoms with Gasteiger partial charge in [-0.05, 0) is 42.5 Å². The Morgan fingerprint density at radius 2 is 1.70 bits per heavy atom. The average molecular weight is 355 g/mol. The van der Waals surface area contributed by atoms with E-state index < -0.39 is 5.97 Å². The molecule has 0 saturated carbocycles. The number of hydrogen-bond donors (Lipinski definition) is 2. The van der Waals surface area contributed by atoms with Crippen molar-refractivity contribution < 1.29 is 14.7 Å². The number of aromatic carboxylic acids is 1. The summed E-state index contributed by atoms with van der Waals surface area (Å²) in [6.07, 6.45) is 0. The van der Waals surface area contributed by atoms with Crippen LogP contribution in [0.5, 0.6) is 0 Å². The van der Waals surface area contributed by atoms with Gasteiger partial charge in [0.2, 0.25) is 0 Å². The summed E-state index contributed by atoms with van der Waals surface area (Å²) < 4.78 is 0.705. The van der Waals surface area contributed by atoms with Crippen LogP contribution in [0.25, 0.3) is 0 Å². The third-order valence-electron chi connectivity index (χ3n) is 2.51. The fourth-order valence-corrected chi connectivity index (χ4v) is 2.44. The lowest BCUT2D eigenvalue weighted by atomic mass is 10.2. The first kappa shape index (κ1) is 14.6. The largest absolute Gasteiger partial charge is 0.478 e. The van der Waals surface area contributed by atoms with Crippen LogP contribution in [-0.2, 0) is 0 Å². The van der Waals surface area contributed by atoms with E-state index in [-0.39, 0.29) is 11.5 Å². The first-order valence-electron chi connectivity index (χ1n) is 5.56. The zero-order valence-corrected chi connectivity index (χ0v) is 12.4. The van der Waals surface area contributed by atoms with Crippen LogP contribution in [0.15, 0.2) is 46.9 Å². The quantitative estimate of drug-likeness (QED) is 0.874. The molecule has 0 heterocycles. The molecule has 20 heavy (non-hydrogen) atoms. The van der Waals surface area contributed by atoms with Crippen LogP contribution in [0.4, 0.5) is 5.69 Å². The number of hydrogen-bond acceptors (Lipinski definition) is 2. The summed E-state index contributed by atoms with van der Waals surface area (Å²) in [5, 5.41) is 11.9. The molecule has 2 N–H and O–H groups in total. The molecule has 0 saturated heterocycles. The number of anilines is 1. The summed E-state index contributed by atoms with van der Waals surface area (Å²) in [5.41, 5.74) is 1.08. The number of nitrogens with one attached hydrogen (secondary N) is 1. The van der Waals surface area contributed by atoms with Crippen LogP contribution in [-0.4, -0.2) is 17.0 Å². The summed E-state index contributed by atoms with van der Waals surface area (Å²) >= 11 is 9.14. The number of rotatable bonds is 3. The van der Waals surface area contributed by atoms with E-state index in [0.29, 0.717) is 20.7 Å². The Morgan fingerprint density at radius 1 is 1.05 bits per heavy atom. The fourth-order valence-electron chi connectivity index (χ4n) is 1.58. The Morgan fingerprint density at radius 3 is 2.25 bits per heavy atom. The van der Waals surface area contributed by atoms with Crippen molar-refractivity contribution in [1.82, 2.24) is 0 Å².